The van der Waals surface area contributed by atoms with Crippen molar-refractivity contribution in [3.05, 3.63) is 56.0 Å². The summed E-state index contributed by atoms with van der Waals surface area (Å²) in [5.74, 6) is -1.46. The fourth-order valence-corrected chi connectivity index (χ4v) is 3.72. The molecule has 2 rings (SSSR count). The van der Waals surface area contributed by atoms with Crippen molar-refractivity contribution in [3.8, 4) is 11.5 Å². The normalized spacial score (nSPS) is 11.5. The molecule has 0 bridgehead atoms. The molecule has 9 nitrogen and oxygen atoms in total. The number of hydrogen-bond acceptors (Lipinski definition) is 5. The Balaban J connectivity index is 2.04. The number of guanidine groups is 1. The fraction of sp³-hybridized carbons (Fsp3) is 0.286. The molecule has 8 N–H and O–H groups in total. The van der Waals surface area contributed by atoms with Crippen LogP contribution in [0.2, 0.25) is 10.0 Å². The van der Waals surface area contributed by atoms with Crippen LogP contribution in [0.1, 0.15) is 28.8 Å². The number of nitrogens with one attached hydrogen (secondary N) is 3. The highest BCUT2D eigenvalue weighted by atomic mass is 79.9. The lowest BCUT2D eigenvalue weighted by Gasteiger charge is -2.17. The summed E-state index contributed by atoms with van der Waals surface area (Å²) in [6.45, 7) is 0.571. The van der Waals surface area contributed by atoms with E-state index in [1.165, 1.54) is 12.1 Å². The second kappa shape index (κ2) is 12.5. The van der Waals surface area contributed by atoms with E-state index in [0.717, 1.165) is 5.56 Å². The Labute approximate surface area is 209 Å². The van der Waals surface area contributed by atoms with Crippen molar-refractivity contribution in [1.29, 1.82) is 5.41 Å². The van der Waals surface area contributed by atoms with Gasteiger partial charge in [0.15, 0.2) is 5.96 Å². The van der Waals surface area contributed by atoms with E-state index >= 15 is 0 Å². The summed E-state index contributed by atoms with van der Waals surface area (Å²) in [5, 5.41) is 23.5. The highest BCUT2D eigenvalue weighted by Gasteiger charge is 2.21. The van der Waals surface area contributed by atoms with Gasteiger partial charge in [-0.25, -0.2) is 0 Å². The molecule has 1 atom stereocenters. The van der Waals surface area contributed by atoms with Crippen LogP contribution in [0.5, 0.6) is 11.5 Å². The summed E-state index contributed by atoms with van der Waals surface area (Å²) in [6.07, 6.45) is 1.16. The number of hydrogen-bond donors (Lipinski definition) is 6. The Kier molecular flexibility index (Phi) is 10.1. The third-order valence-electron chi connectivity index (χ3n) is 4.56. The lowest BCUT2D eigenvalue weighted by atomic mass is 10.1. The second-order valence-corrected chi connectivity index (χ2v) is 8.69. The molecule has 0 fully saturated rings. The monoisotopic (exact) mass is 559 g/mol. The second-order valence-electron chi connectivity index (χ2n) is 7.05. The number of primary amides is 1. The van der Waals surface area contributed by atoms with Gasteiger partial charge in [-0.2, -0.15) is 0 Å². The van der Waals surface area contributed by atoms with Crippen LogP contribution in [0, 0.1) is 5.41 Å². The van der Waals surface area contributed by atoms with E-state index in [2.05, 4.69) is 26.6 Å². The Hall–Kier alpha value is -2.69. The van der Waals surface area contributed by atoms with Gasteiger partial charge in [0.2, 0.25) is 5.91 Å². The quantitative estimate of drug-likeness (QED) is 0.140. The predicted molar refractivity (Wildman–Crippen MR) is 131 cm³/mol. The van der Waals surface area contributed by atoms with E-state index in [4.69, 9.17) is 44.8 Å². The van der Waals surface area contributed by atoms with Gasteiger partial charge in [0.1, 0.15) is 22.0 Å². The average molecular weight is 561 g/mol. The zero-order valence-corrected chi connectivity index (χ0v) is 20.6. The van der Waals surface area contributed by atoms with E-state index in [1.54, 1.807) is 18.2 Å². The van der Waals surface area contributed by atoms with Crippen molar-refractivity contribution in [2.24, 2.45) is 11.5 Å². The summed E-state index contributed by atoms with van der Waals surface area (Å²) in [4.78, 5) is 24.4. The van der Waals surface area contributed by atoms with Crippen LogP contribution >= 0.6 is 39.1 Å². The highest BCUT2D eigenvalue weighted by Crippen LogP contribution is 2.35. The van der Waals surface area contributed by atoms with Gasteiger partial charge in [0.05, 0.1) is 6.61 Å². The Bertz CT molecular complexity index is 1040. The SMILES string of the molecule is N=C(N)NCCCC(NC(=O)c1cc(O)c(Br)c(OCCc2ccc(Cl)cc2Cl)c1)C(N)=O. The number of nitrogens with two attached hydrogens (primary N) is 2. The van der Waals surface area contributed by atoms with Crippen molar-refractivity contribution in [3.63, 3.8) is 0 Å². The number of benzene rings is 2. The summed E-state index contributed by atoms with van der Waals surface area (Å²) in [6, 6.07) is 6.90. The number of ether oxygens (including phenoxy) is 1. The van der Waals surface area contributed by atoms with E-state index < -0.39 is 17.9 Å². The molecule has 0 heterocycles. The molecular formula is C21H24BrCl2N5O4. The van der Waals surface area contributed by atoms with E-state index in [9.17, 15) is 14.7 Å². The molecule has 0 aromatic heterocycles. The number of halogens is 3. The summed E-state index contributed by atoms with van der Waals surface area (Å²) in [5.41, 5.74) is 11.5. The number of carbonyl (C=O) groups is 2. The minimum absolute atomic E-state index is 0.0864. The first-order valence-electron chi connectivity index (χ1n) is 9.85. The number of phenolic OH excluding ortho intramolecular Hbond substituents is 1. The first-order chi connectivity index (χ1) is 15.6. The van der Waals surface area contributed by atoms with Gasteiger partial charge in [-0.1, -0.05) is 29.3 Å². The van der Waals surface area contributed by atoms with Gasteiger partial charge >= 0.3 is 0 Å². The molecule has 2 aromatic rings. The molecule has 2 amide bonds. The van der Waals surface area contributed by atoms with Gasteiger partial charge in [-0.3, -0.25) is 15.0 Å². The first kappa shape index (κ1) is 26.6. The first-order valence-corrected chi connectivity index (χ1v) is 11.4. The number of aromatic hydroxyl groups is 1. The van der Waals surface area contributed by atoms with E-state index in [0.29, 0.717) is 29.4 Å². The van der Waals surface area contributed by atoms with Crippen LogP contribution in [0.15, 0.2) is 34.8 Å². The van der Waals surface area contributed by atoms with Crippen molar-refractivity contribution < 1.29 is 19.4 Å². The van der Waals surface area contributed by atoms with Gasteiger partial charge in [-0.15, -0.1) is 0 Å². The zero-order valence-electron chi connectivity index (χ0n) is 17.5. The summed E-state index contributed by atoms with van der Waals surface area (Å²) in [7, 11) is 0. The lowest BCUT2D eigenvalue weighted by molar-refractivity contribution is -0.120. The largest absolute Gasteiger partial charge is 0.507 e. The lowest BCUT2D eigenvalue weighted by Crippen LogP contribution is -2.45. The number of phenols is 1. The third-order valence-corrected chi connectivity index (χ3v) is 5.94. The molecule has 1 unspecified atom stereocenters. The smallest absolute Gasteiger partial charge is 0.252 e. The van der Waals surface area contributed by atoms with Crippen LogP contribution < -0.4 is 26.8 Å². The van der Waals surface area contributed by atoms with E-state index in [1.807, 2.05) is 0 Å². The molecule has 178 valence electrons. The summed E-state index contributed by atoms with van der Waals surface area (Å²) >= 11 is 15.3. The maximum absolute atomic E-state index is 12.7. The number of rotatable bonds is 11. The zero-order chi connectivity index (χ0) is 24.5. The topological polar surface area (TPSA) is 164 Å². The number of amides is 2. The molecule has 0 saturated heterocycles. The molecule has 0 spiro atoms. The van der Waals surface area contributed by atoms with Crippen LogP contribution in [0.4, 0.5) is 0 Å². The van der Waals surface area contributed by atoms with Crippen molar-refractivity contribution >= 4 is 56.9 Å². The molecular weight excluding hydrogens is 537 g/mol. The van der Waals surface area contributed by atoms with Crippen LogP contribution in [-0.2, 0) is 11.2 Å². The van der Waals surface area contributed by atoms with Gasteiger partial charge in [-0.05, 0) is 58.6 Å². The predicted octanol–water partition coefficient (Wildman–Crippen LogP) is 2.93. The molecule has 0 aliphatic rings. The Morgan fingerprint density at radius 1 is 1.21 bits per heavy atom. The van der Waals surface area contributed by atoms with Crippen LogP contribution in [0.3, 0.4) is 0 Å². The van der Waals surface area contributed by atoms with Crippen molar-refractivity contribution in [2.45, 2.75) is 25.3 Å². The molecule has 0 radical (unpaired) electrons. The standard InChI is InChI=1S/C21H24BrCl2N5O4/c22-18-16(30)8-12(20(32)29-15(19(25)31)2-1-6-28-21(26)27)9-17(18)33-7-5-11-3-4-13(23)10-14(11)24/h3-4,8-10,15,30H,1-2,5-7H2,(H2,25,31)(H,29,32)(H4,26,27,28). The van der Waals surface area contributed by atoms with E-state index in [-0.39, 0.29) is 40.5 Å². The average Bonchev–Trinajstić information content (AvgIpc) is 2.74. The molecule has 0 saturated carbocycles. The molecule has 12 heteroatoms. The van der Waals surface area contributed by atoms with Gasteiger partial charge in [0.25, 0.3) is 5.91 Å². The number of carbonyl (C=O) groups excluding carboxylic acids is 2. The van der Waals surface area contributed by atoms with Gasteiger partial charge < -0.3 is 31.9 Å². The van der Waals surface area contributed by atoms with Crippen molar-refractivity contribution in [2.75, 3.05) is 13.2 Å². The Morgan fingerprint density at radius 2 is 1.94 bits per heavy atom. The molecule has 0 aliphatic carbocycles. The van der Waals surface area contributed by atoms with Crippen molar-refractivity contribution in [1.82, 2.24) is 10.6 Å². The maximum Gasteiger partial charge on any atom is 0.252 e. The molecule has 33 heavy (non-hydrogen) atoms. The third kappa shape index (κ3) is 8.30. The van der Waals surface area contributed by atoms with Crippen LogP contribution in [-0.4, -0.2) is 42.1 Å². The minimum Gasteiger partial charge on any atom is -0.507 e. The van der Waals surface area contributed by atoms with Gasteiger partial charge in [0, 0.05) is 28.6 Å². The summed E-state index contributed by atoms with van der Waals surface area (Å²) < 4.78 is 6.02. The van der Waals surface area contributed by atoms with Crippen LogP contribution in [0.25, 0.3) is 0 Å². The Morgan fingerprint density at radius 3 is 2.58 bits per heavy atom. The fourth-order valence-electron chi connectivity index (χ4n) is 2.87. The maximum atomic E-state index is 12.7. The highest BCUT2D eigenvalue weighted by molar-refractivity contribution is 9.10. The molecule has 2 aromatic carbocycles. The molecule has 0 aliphatic heterocycles. The minimum atomic E-state index is -0.937.